The Labute approximate surface area is 123 Å². The third kappa shape index (κ3) is 3.11. The number of H-pyrrole nitrogens is 1. The average molecular weight is 279 g/mol. The molecule has 0 radical (unpaired) electrons. The van der Waals surface area contributed by atoms with Crippen molar-refractivity contribution in [2.24, 2.45) is 0 Å². The standard InChI is InChI=1S/C17H17N3O/c1-12(13-7-3-2-4-8-13)11-16(21)20-17-18-14-9-5-6-10-15(14)19-17/h2-10,12H,11H2,1H3,(H2,18,19,20,21)/t12-/m1/s1. The molecule has 4 nitrogen and oxygen atoms in total. The van der Waals surface area contributed by atoms with Crippen molar-refractivity contribution >= 4 is 22.9 Å². The van der Waals surface area contributed by atoms with Gasteiger partial charge in [-0.25, -0.2) is 4.98 Å². The van der Waals surface area contributed by atoms with E-state index in [9.17, 15) is 4.79 Å². The highest BCUT2D eigenvalue weighted by molar-refractivity contribution is 5.91. The fourth-order valence-corrected chi connectivity index (χ4v) is 2.37. The molecule has 4 heteroatoms. The van der Waals surface area contributed by atoms with Gasteiger partial charge in [-0.15, -0.1) is 0 Å². The summed E-state index contributed by atoms with van der Waals surface area (Å²) in [5.74, 6) is 0.641. The summed E-state index contributed by atoms with van der Waals surface area (Å²) in [7, 11) is 0. The van der Waals surface area contributed by atoms with Crippen LogP contribution < -0.4 is 5.32 Å². The maximum absolute atomic E-state index is 12.1. The van der Waals surface area contributed by atoms with Gasteiger partial charge in [0, 0.05) is 6.42 Å². The summed E-state index contributed by atoms with van der Waals surface area (Å²) in [5.41, 5.74) is 2.94. The van der Waals surface area contributed by atoms with Crippen LogP contribution in [0, 0.1) is 0 Å². The number of anilines is 1. The Bertz CT molecular complexity index is 716. The first-order valence-corrected chi connectivity index (χ1v) is 7.02. The van der Waals surface area contributed by atoms with Crippen LogP contribution in [-0.2, 0) is 4.79 Å². The first-order valence-electron chi connectivity index (χ1n) is 7.02. The van der Waals surface area contributed by atoms with Gasteiger partial charge in [-0.05, 0) is 23.6 Å². The number of rotatable bonds is 4. The molecule has 1 heterocycles. The smallest absolute Gasteiger partial charge is 0.227 e. The molecule has 0 fully saturated rings. The van der Waals surface area contributed by atoms with Crippen LogP contribution >= 0.6 is 0 Å². The van der Waals surface area contributed by atoms with E-state index in [4.69, 9.17) is 0 Å². The number of carbonyl (C=O) groups excluding carboxylic acids is 1. The predicted molar refractivity (Wildman–Crippen MR) is 84.2 cm³/mol. The molecule has 1 aromatic heterocycles. The van der Waals surface area contributed by atoms with Gasteiger partial charge in [0.15, 0.2) is 0 Å². The molecule has 1 atom stereocenters. The fourth-order valence-electron chi connectivity index (χ4n) is 2.37. The maximum Gasteiger partial charge on any atom is 0.227 e. The van der Waals surface area contributed by atoms with E-state index in [0.717, 1.165) is 16.6 Å². The summed E-state index contributed by atoms with van der Waals surface area (Å²) in [6.07, 6.45) is 0.432. The average Bonchev–Trinajstić information content (AvgIpc) is 2.90. The molecule has 3 rings (SSSR count). The number of aromatic nitrogens is 2. The van der Waals surface area contributed by atoms with Crippen LogP contribution in [0.4, 0.5) is 5.95 Å². The Morgan fingerprint density at radius 3 is 2.62 bits per heavy atom. The van der Waals surface area contributed by atoms with Gasteiger partial charge < -0.3 is 4.98 Å². The summed E-state index contributed by atoms with van der Waals surface area (Å²) < 4.78 is 0. The molecule has 0 saturated carbocycles. The van der Waals surface area contributed by atoms with Crippen molar-refractivity contribution in [3.05, 3.63) is 60.2 Å². The van der Waals surface area contributed by atoms with Gasteiger partial charge in [0.05, 0.1) is 11.0 Å². The van der Waals surface area contributed by atoms with Crippen molar-refractivity contribution in [1.29, 1.82) is 0 Å². The zero-order valence-corrected chi connectivity index (χ0v) is 11.8. The fraction of sp³-hybridized carbons (Fsp3) is 0.176. The molecule has 0 bridgehead atoms. The molecule has 2 aromatic carbocycles. The van der Waals surface area contributed by atoms with Crippen LogP contribution in [0.2, 0.25) is 0 Å². The van der Waals surface area contributed by atoms with Crippen LogP contribution in [0.5, 0.6) is 0 Å². The number of hydrogen-bond donors (Lipinski definition) is 2. The second-order valence-electron chi connectivity index (χ2n) is 5.17. The molecule has 0 aliphatic rings. The van der Waals surface area contributed by atoms with Gasteiger partial charge in [0.1, 0.15) is 0 Å². The largest absolute Gasteiger partial charge is 0.324 e. The van der Waals surface area contributed by atoms with Crippen LogP contribution in [0.1, 0.15) is 24.8 Å². The number of nitrogens with zero attached hydrogens (tertiary/aromatic N) is 1. The summed E-state index contributed by atoms with van der Waals surface area (Å²) in [4.78, 5) is 19.5. The monoisotopic (exact) mass is 279 g/mol. The van der Waals surface area contributed by atoms with Crippen LogP contribution in [0.25, 0.3) is 11.0 Å². The number of imidazole rings is 1. The van der Waals surface area contributed by atoms with Crippen molar-refractivity contribution in [2.75, 3.05) is 5.32 Å². The molecule has 0 saturated heterocycles. The van der Waals surface area contributed by atoms with E-state index in [2.05, 4.69) is 15.3 Å². The quantitative estimate of drug-likeness (QED) is 0.765. The normalized spacial score (nSPS) is 12.2. The zero-order valence-electron chi connectivity index (χ0n) is 11.8. The Hall–Kier alpha value is -2.62. The van der Waals surface area contributed by atoms with Crippen molar-refractivity contribution in [3.63, 3.8) is 0 Å². The van der Waals surface area contributed by atoms with Crippen molar-refractivity contribution in [1.82, 2.24) is 9.97 Å². The number of fused-ring (bicyclic) bond motifs is 1. The molecule has 0 aliphatic carbocycles. The highest BCUT2D eigenvalue weighted by Gasteiger charge is 2.12. The number of amides is 1. The molecule has 0 spiro atoms. The lowest BCUT2D eigenvalue weighted by Gasteiger charge is -2.10. The number of carbonyl (C=O) groups is 1. The molecule has 21 heavy (non-hydrogen) atoms. The van der Waals surface area contributed by atoms with Crippen LogP contribution in [0.15, 0.2) is 54.6 Å². The minimum atomic E-state index is -0.0367. The molecule has 1 amide bonds. The highest BCUT2D eigenvalue weighted by atomic mass is 16.1. The first-order chi connectivity index (χ1) is 10.2. The third-order valence-corrected chi connectivity index (χ3v) is 3.51. The second kappa shape index (κ2) is 5.79. The van der Waals surface area contributed by atoms with Crippen molar-refractivity contribution in [2.45, 2.75) is 19.3 Å². The number of benzene rings is 2. The van der Waals surface area contributed by atoms with Gasteiger partial charge in [-0.3, -0.25) is 10.1 Å². The van der Waals surface area contributed by atoms with E-state index in [1.165, 1.54) is 0 Å². The van der Waals surface area contributed by atoms with E-state index < -0.39 is 0 Å². The van der Waals surface area contributed by atoms with Crippen LogP contribution in [-0.4, -0.2) is 15.9 Å². The summed E-state index contributed by atoms with van der Waals surface area (Å²) in [6, 6.07) is 17.7. The number of para-hydroxylation sites is 2. The van der Waals surface area contributed by atoms with E-state index in [-0.39, 0.29) is 11.8 Å². The zero-order chi connectivity index (χ0) is 14.7. The molecule has 106 valence electrons. The molecule has 0 unspecified atom stereocenters. The van der Waals surface area contributed by atoms with Gasteiger partial charge in [-0.1, -0.05) is 49.4 Å². The molecular weight excluding hydrogens is 262 g/mol. The van der Waals surface area contributed by atoms with E-state index in [1.807, 2.05) is 61.5 Å². The van der Waals surface area contributed by atoms with Gasteiger partial charge in [0.25, 0.3) is 0 Å². The molecular formula is C17H17N3O. The number of aromatic amines is 1. The SMILES string of the molecule is C[C@H](CC(=O)Nc1nc2ccccc2[nH]1)c1ccccc1. The summed E-state index contributed by atoms with van der Waals surface area (Å²) in [5, 5.41) is 2.83. The van der Waals surface area contributed by atoms with E-state index in [0.29, 0.717) is 12.4 Å². The highest BCUT2D eigenvalue weighted by Crippen LogP contribution is 2.19. The Morgan fingerprint density at radius 1 is 1.14 bits per heavy atom. The number of nitrogens with one attached hydrogen (secondary N) is 2. The van der Waals surface area contributed by atoms with Crippen molar-refractivity contribution in [3.8, 4) is 0 Å². The van der Waals surface area contributed by atoms with E-state index in [1.54, 1.807) is 0 Å². The third-order valence-electron chi connectivity index (χ3n) is 3.51. The Morgan fingerprint density at radius 2 is 1.86 bits per heavy atom. The second-order valence-corrected chi connectivity index (χ2v) is 5.17. The van der Waals surface area contributed by atoms with Gasteiger partial charge in [0.2, 0.25) is 11.9 Å². The first kappa shape index (κ1) is 13.4. The minimum absolute atomic E-state index is 0.0367. The van der Waals surface area contributed by atoms with Crippen LogP contribution in [0.3, 0.4) is 0 Å². The van der Waals surface area contributed by atoms with E-state index >= 15 is 0 Å². The Kier molecular flexibility index (Phi) is 3.69. The Balaban J connectivity index is 1.66. The molecule has 2 N–H and O–H groups in total. The predicted octanol–water partition coefficient (Wildman–Crippen LogP) is 3.70. The lowest BCUT2D eigenvalue weighted by Crippen LogP contribution is -2.15. The lowest BCUT2D eigenvalue weighted by atomic mass is 9.98. The maximum atomic E-state index is 12.1. The minimum Gasteiger partial charge on any atom is -0.324 e. The van der Waals surface area contributed by atoms with Gasteiger partial charge in [-0.2, -0.15) is 0 Å². The summed E-state index contributed by atoms with van der Waals surface area (Å²) in [6.45, 7) is 2.05. The summed E-state index contributed by atoms with van der Waals surface area (Å²) >= 11 is 0. The number of hydrogen-bond acceptors (Lipinski definition) is 2. The molecule has 0 aliphatic heterocycles. The lowest BCUT2D eigenvalue weighted by molar-refractivity contribution is -0.116. The molecule has 3 aromatic rings. The van der Waals surface area contributed by atoms with Crippen molar-refractivity contribution < 1.29 is 4.79 Å². The van der Waals surface area contributed by atoms with Gasteiger partial charge >= 0.3 is 0 Å². The topological polar surface area (TPSA) is 57.8 Å².